The van der Waals surface area contributed by atoms with E-state index in [1.807, 2.05) is 11.4 Å². The maximum Gasteiger partial charge on any atom is 0.135 e. The third-order valence-electron chi connectivity index (χ3n) is 1.49. The van der Waals surface area contributed by atoms with Crippen LogP contribution in [0, 0.1) is 12.3 Å². The van der Waals surface area contributed by atoms with Gasteiger partial charge in [0.1, 0.15) is 11.9 Å². The van der Waals surface area contributed by atoms with Gasteiger partial charge < -0.3 is 9.84 Å². The lowest BCUT2D eigenvalue weighted by Gasteiger charge is -2.06. The van der Waals surface area contributed by atoms with Gasteiger partial charge in [-0.3, -0.25) is 0 Å². The molecular formula is C9H10O2S. The minimum Gasteiger partial charge on any atom is -0.495 e. The van der Waals surface area contributed by atoms with Crippen molar-refractivity contribution in [1.82, 2.24) is 0 Å². The summed E-state index contributed by atoms with van der Waals surface area (Å²) in [5.74, 6) is 3.12. The molecule has 0 spiro atoms. The van der Waals surface area contributed by atoms with Crippen molar-refractivity contribution in [3.63, 3.8) is 0 Å². The minimum atomic E-state index is -0.593. The molecule has 0 radical (unpaired) electrons. The zero-order valence-corrected chi connectivity index (χ0v) is 7.60. The van der Waals surface area contributed by atoms with E-state index >= 15 is 0 Å². The minimum absolute atomic E-state index is 0.330. The molecule has 0 aromatic carbocycles. The van der Waals surface area contributed by atoms with Crippen molar-refractivity contribution in [3.8, 4) is 18.1 Å². The molecule has 3 heteroatoms. The van der Waals surface area contributed by atoms with Gasteiger partial charge in [-0.15, -0.1) is 23.7 Å². The van der Waals surface area contributed by atoms with Gasteiger partial charge in [0.05, 0.1) is 12.0 Å². The summed E-state index contributed by atoms with van der Waals surface area (Å²) >= 11 is 1.45. The second kappa shape index (κ2) is 4.15. The van der Waals surface area contributed by atoms with Crippen LogP contribution in [0.5, 0.6) is 5.75 Å². The summed E-state index contributed by atoms with van der Waals surface area (Å²) in [6, 6.07) is 1.82. The van der Waals surface area contributed by atoms with Gasteiger partial charge in [-0.2, -0.15) is 0 Å². The number of methoxy groups -OCH3 is 1. The van der Waals surface area contributed by atoms with E-state index in [-0.39, 0.29) is 0 Å². The Morgan fingerprint density at radius 1 is 1.83 bits per heavy atom. The monoisotopic (exact) mass is 182 g/mol. The molecule has 1 rings (SSSR count). The van der Waals surface area contributed by atoms with Gasteiger partial charge >= 0.3 is 0 Å². The van der Waals surface area contributed by atoms with Crippen molar-refractivity contribution in [2.24, 2.45) is 0 Å². The lowest BCUT2D eigenvalue weighted by Crippen LogP contribution is -1.95. The maximum atomic E-state index is 9.51. The number of terminal acetylenes is 1. The summed E-state index contributed by atoms with van der Waals surface area (Å²) in [6.07, 6.45) is 4.82. The standard InChI is InChI=1S/C9H10O2S/c1-3-4-7(10)9-8(11-2)5-6-12-9/h1,5-7,10H,4H2,2H3. The smallest absolute Gasteiger partial charge is 0.135 e. The zero-order valence-electron chi connectivity index (χ0n) is 6.78. The Morgan fingerprint density at radius 2 is 2.58 bits per heavy atom. The third-order valence-corrected chi connectivity index (χ3v) is 2.49. The summed E-state index contributed by atoms with van der Waals surface area (Å²) in [5, 5.41) is 11.4. The van der Waals surface area contributed by atoms with Gasteiger partial charge in [-0.1, -0.05) is 0 Å². The SMILES string of the molecule is C#CCC(O)c1sccc1OC. The lowest BCUT2D eigenvalue weighted by molar-refractivity contribution is 0.184. The van der Waals surface area contributed by atoms with Crippen molar-refractivity contribution in [3.05, 3.63) is 16.3 Å². The first-order chi connectivity index (χ1) is 5.79. The molecule has 2 nitrogen and oxygen atoms in total. The van der Waals surface area contributed by atoms with Crippen molar-refractivity contribution < 1.29 is 9.84 Å². The van der Waals surface area contributed by atoms with Crippen LogP contribution in [0.25, 0.3) is 0 Å². The van der Waals surface area contributed by atoms with E-state index in [2.05, 4.69) is 5.92 Å². The van der Waals surface area contributed by atoms with Crippen LogP contribution < -0.4 is 4.74 Å². The molecule has 0 bridgehead atoms. The fraction of sp³-hybridized carbons (Fsp3) is 0.333. The molecule has 64 valence electrons. The third kappa shape index (κ3) is 1.79. The van der Waals surface area contributed by atoms with Crippen LogP contribution in [0.3, 0.4) is 0 Å². The molecule has 12 heavy (non-hydrogen) atoms. The van der Waals surface area contributed by atoms with Crippen molar-refractivity contribution in [1.29, 1.82) is 0 Å². The predicted molar refractivity (Wildman–Crippen MR) is 49.3 cm³/mol. The van der Waals surface area contributed by atoms with Gasteiger partial charge in [-0.05, 0) is 11.4 Å². The van der Waals surface area contributed by atoms with E-state index in [0.717, 1.165) is 4.88 Å². The Hall–Kier alpha value is -0.980. The number of rotatable bonds is 3. The van der Waals surface area contributed by atoms with Gasteiger partial charge in [-0.25, -0.2) is 0 Å². The van der Waals surface area contributed by atoms with E-state index in [9.17, 15) is 5.11 Å². The Labute approximate surface area is 75.8 Å². The molecule has 1 N–H and O–H groups in total. The molecular weight excluding hydrogens is 172 g/mol. The summed E-state index contributed by atoms with van der Waals surface area (Å²) in [5.41, 5.74) is 0. The summed E-state index contributed by atoms with van der Waals surface area (Å²) < 4.78 is 5.03. The number of aliphatic hydroxyl groups is 1. The highest BCUT2D eigenvalue weighted by atomic mass is 32.1. The van der Waals surface area contributed by atoms with E-state index in [4.69, 9.17) is 11.2 Å². The molecule has 1 aromatic rings. The Kier molecular flexibility index (Phi) is 3.15. The van der Waals surface area contributed by atoms with Gasteiger partial charge in [0, 0.05) is 6.42 Å². The molecule has 0 aliphatic carbocycles. The van der Waals surface area contributed by atoms with Crippen LogP contribution in [-0.2, 0) is 0 Å². The van der Waals surface area contributed by atoms with Crippen LogP contribution in [-0.4, -0.2) is 12.2 Å². The van der Waals surface area contributed by atoms with Gasteiger partial charge in [0.2, 0.25) is 0 Å². The molecule has 1 unspecified atom stereocenters. The Morgan fingerprint density at radius 3 is 3.17 bits per heavy atom. The first kappa shape index (κ1) is 9.11. The van der Waals surface area contributed by atoms with Crippen molar-refractivity contribution in [2.45, 2.75) is 12.5 Å². The predicted octanol–water partition coefficient (Wildman–Crippen LogP) is 1.81. The average molecular weight is 182 g/mol. The molecule has 1 heterocycles. The fourth-order valence-electron chi connectivity index (χ4n) is 0.925. The van der Waals surface area contributed by atoms with E-state index in [1.54, 1.807) is 7.11 Å². The highest BCUT2D eigenvalue weighted by molar-refractivity contribution is 7.10. The highest BCUT2D eigenvalue weighted by Crippen LogP contribution is 2.31. The Bertz CT molecular complexity index is 285. The highest BCUT2D eigenvalue weighted by Gasteiger charge is 2.12. The van der Waals surface area contributed by atoms with Crippen LogP contribution in [0.15, 0.2) is 11.4 Å². The van der Waals surface area contributed by atoms with Gasteiger partial charge in [0.25, 0.3) is 0 Å². The molecule has 0 aliphatic rings. The zero-order chi connectivity index (χ0) is 8.97. The quantitative estimate of drug-likeness (QED) is 0.722. The Balaban J connectivity index is 2.80. The second-order valence-corrected chi connectivity index (χ2v) is 3.22. The molecule has 0 aliphatic heterocycles. The summed E-state index contributed by atoms with van der Waals surface area (Å²) in [6.45, 7) is 0. The topological polar surface area (TPSA) is 29.5 Å². The van der Waals surface area contributed by atoms with Gasteiger partial charge in [0.15, 0.2) is 0 Å². The normalized spacial score (nSPS) is 12.1. The number of thiophene rings is 1. The van der Waals surface area contributed by atoms with Crippen molar-refractivity contribution >= 4 is 11.3 Å². The largest absolute Gasteiger partial charge is 0.495 e. The van der Waals surface area contributed by atoms with E-state index < -0.39 is 6.10 Å². The number of ether oxygens (including phenoxy) is 1. The van der Waals surface area contributed by atoms with Crippen LogP contribution >= 0.6 is 11.3 Å². The molecule has 1 aromatic heterocycles. The number of hydrogen-bond acceptors (Lipinski definition) is 3. The van der Waals surface area contributed by atoms with E-state index in [0.29, 0.717) is 12.2 Å². The average Bonchev–Trinajstić information content (AvgIpc) is 2.51. The van der Waals surface area contributed by atoms with Crippen LogP contribution in [0.1, 0.15) is 17.4 Å². The molecule has 0 amide bonds. The molecule has 1 atom stereocenters. The van der Waals surface area contributed by atoms with Crippen LogP contribution in [0.4, 0.5) is 0 Å². The molecule has 0 saturated heterocycles. The number of hydrogen-bond donors (Lipinski definition) is 1. The maximum absolute atomic E-state index is 9.51. The second-order valence-electron chi connectivity index (χ2n) is 2.28. The molecule has 0 saturated carbocycles. The van der Waals surface area contributed by atoms with Crippen molar-refractivity contribution in [2.75, 3.05) is 7.11 Å². The van der Waals surface area contributed by atoms with Crippen LogP contribution in [0.2, 0.25) is 0 Å². The first-order valence-electron chi connectivity index (χ1n) is 3.52. The summed E-state index contributed by atoms with van der Waals surface area (Å²) in [7, 11) is 1.58. The fourth-order valence-corrected chi connectivity index (χ4v) is 1.77. The van der Waals surface area contributed by atoms with E-state index in [1.165, 1.54) is 11.3 Å². The molecule has 0 fully saturated rings. The first-order valence-corrected chi connectivity index (χ1v) is 4.40. The number of aliphatic hydroxyl groups excluding tert-OH is 1. The lowest BCUT2D eigenvalue weighted by atomic mass is 10.2. The summed E-state index contributed by atoms with van der Waals surface area (Å²) in [4.78, 5) is 0.801.